The first-order chi connectivity index (χ1) is 9.13. The minimum absolute atomic E-state index is 0.296. The lowest BCUT2D eigenvalue weighted by Crippen LogP contribution is -2.36. The number of amides is 1. The van der Waals surface area contributed by atoms with E-state index in [4.69, 9.17) is 10.5 Å². The van der Waals surface area contributed by atoms with Crippen LogP contribution in [0, 0.1) is 0 Å². The number of nitrogens with zero attached hydrogens (tertiary/aromatic N) is 1. The van der Waals surface area contributed by atoms with Crippen molar-refractivity contribution in [1.82, 2.24) is 4.90 Å². The van der Waals surface area contributed by atoms with Crippen molar-refractivity contribution in [3.63, 3.8) is 0 Å². The van der Waals surface area contributed by atoms with Crippen molar-refractivity contribution < 1.29 is 14.3 Å². The van der Waals surface area contributed by atoms with Gasteiger partial charge in [-0.2, -0.15) is 0 Å². The van der Waals surface area contributed by atoms with Crippen LogP contribution in [-0.4, -0.2) is 42.0 Å². The number of nitrogens with two attached hydrogens (primary N) is 1. The molecule has 1 aromatic carbocycles. The summed E-state index contributed by atoms with van der Waals surface area (Å²) in [7, 11) is 0. The van der Waals surface area contributed by atoms with Gasteiger partial charge in [0.2, 0.25) is 5.91 Å². The largest absolute Gasteiger partial charge is 0.465 e. The first-order valence-corrected chi connectivity index (χ1v) is 6.39. The summed E-state index contributed by atoms with van der Waals surface area (Å²) < 4.78 is 5.07. The van der Waals surface area contributed by atoms with Crippen LogP contribution in [0.5, 0.6) is 0 Å². The van der Waals surface area contributed by atoms with E-state index in [-0.39, 0.29) is 17.9 Å². The molecule has 0 radical (unpaired) electrons. The molecule has 0 aliphatic carbocycles. The summed E-state index contributed by atoms with van der Waals surface area (Å²) in [5.41, 5.74) is 6.30. The van der Waals surface area contributed by atoms with Gasteiger partial charge in [0, 0.05) is 6.54 Å². The van der Waals surface area contributed by atoms with E-state index in [1.165, 1.54) is 0 Å². The van der Waals surface area contributed by atoms with Crippen molar-refractivity contribution in [3.05, 3.63) is 35.9 Å². The van der Waals surface area contributed by atoms with Crippen molar-refractivity contribution in [2.24, 2.45) is 5.73 Å². The Hall–Kier alpha value is -1.88. The van der Waals surface area contributed by atoms with Crippen LogP contribution < -0.4 is 5.73 Å². The number of hydrogen-bond donors (Lipinski definition) is 1. The maximum absolute atomic E-state index is 12.0. The van der Waals surface area contributed by atoms with Gasteiger partial charge in [-0.3, -0.25) is 14.5 Å². The molecule has 0 spiro atoms. The van der Waals surface area contributed by atoms with Crippen LogP contribution in [0.1, 0.15) is 12.5 Å². The first-order valence-electron chi connectivity index (χ1n) is 6.39. The Morgan fingerprint density at radius 3 is 2.63 bits per heavy atom. The monoisotopic (exact) mass is 262 g/mol. The molecule has 0 saturated carbocycles. The van der Waals surface area contributed by atoms with E-state index in [0.29, 0.717) is 19.6 Å². The molecule has 0 bridgehead atoms. The minimum Gasteiger partial charge on any atom is -0.465 e. The molecule has 1 heterocycles. The molecule has 102 valence electrons. The summed E-state index contributed by atoms with van der Waals surface area (Å²) in [4.78, 5) is 24.9. The van der Waals surface area contributed by atoms with Gasteiger partial charge in [0.25, 0.3) is 0 Å². The maximum Gasteiger partial charge on any atom is 0.323 e. The van der Waals surface area contributed by atoms with Crippen molar-refractivity contribution >= 4 is 11.9 Å². The normalized spacial score (nSPS) is 22.6. The fourth-order valence-corrected chi connectivity index (χ4v) is 2.16. The predicted molar refractivity (Wildman–Crippen MR) is 70.3 cm³/mol. The summed E-state index contributed by atoms with van der Waals surface area (Å²) >= 11 is 0. The quantitative estimate of drug-likeness (QED) is 0.592. The number of benzene rings is 1. The SMILES string of the molecule is CCOC(=O)[C@@H](Cc1ccccc1)N1C[C@@H]1C(N)=O. The van der Waals surface area contributed by atoms with E-state index < -0.39 is 6.04 Å². The molecular formula is C14H18N2O3. The van der Waals surface area contributed by atoms with E-state index in [1.807, 2.05) is 30.3 Å². The van der Waals surface area contributed by atoms with Crippen LogP contribution in [-0.2, 0) is 20.7 Å². The Balaban J connectivity index is 2.07. The number of esters is 1. The van der Waals surface area contributed by atoms with Crippen molar-refractivity contribution in [1.29, 1.82) is 0 Å². The van der Waals surface area contributed by atoms with Crippen LogP contribution in [0.25, 0.3) is 0 Å². The van der Waals surface area contributed by atoms with Gasteiger partial charge in [0.05, 0.1) is 6.61 Å². The third kappa shape index (κ3) is 3.32. The van der Waals surface area contributed by atoms with Gasteiger partial charge < -0.3 is 10.5 Å². The standard InChI is InChI=1S/C14H18N2O3/c1-2-19-14(18)11(16-9-12(16)13(15)17)8-10-6-4-3-5-7-10/h3-7,11-12H,2,8-9H2,1H3,(H2,15,17)/t11-,12-,16?/m1/s1. The van der Waals surface area contributed by atoms with Gasteiger partial charge in [0.15, 0.2) is 0 Å². The Morgan fingerprint density at radius 1 is 1.42 bits per heavy atom. The molecule has 1 unspecified atom stereocenters. The van der Waals surface area contributed by atoms with Crippen LogP contribution in [0.4, 0.5) is 0 Å². The molecule has 3 atom stereocenters. The van der Waals surface area contributed by atoms with Gasteiger partial charge in [-0.05, 0) is 18.9 Å². The zero-order chi connectivity index (χ0) is 13.8. The second kappa shape index (κ2) is 5.84. The third-order valence-corrected chi connectivity index (χ3v) is 3.21. The zero-order valence-corrected chi connectivity index (χ0v) is 10.9. The summed E-state index contributed by atoms with van der Waals surface area (Å²) in [6, 6.07) is 8.91. The molecule has 1 aliphatic heterocycles. The number of hydrogen-bond acceptors (Lipinski definition) is 4. The van der Waals surface area contributed by atoms with E-state index in [2.05, 4.69) is 0 Å². The lowest BCUT2D eigenvalue weighted by atomic mass is 10.1. The molecular weight excluding hydrogens is 244 g/mol. The molecule has 1 aromatic rings. The summed E-state index contributed by atoms with van der Waals surface area (Å²) in [5.74, 6) is -0.683. The molecule has 1 fully saturated rings. The lowest BCUT2D eigenvalue weighted by Gasteiger charge is -2.17. The highest BCUT2D eigenvalue weighted by atomic mass is 16.5. The van der Waals surface area contributed by atoms with Gasteiger partial charge in [-0.1, -0.05) is 30.3 Å². The van der Waals surface area contributed by atoms with Crippen molar-refractivity contribution in [2.75, 3.05) is 13.2 Å². The molecule has 5 nitrogen and oxygen atoms in total. The smallest absolute Gasteiger partial charge is 0.323 e. The van der Waals surface area contributed by atoms with Crippen LogP contribution >= 0.6 is 0 Å². The molecule has 2 rings (SSSR count). The molecule has 1 aliphatic rings. The average Bonchev–Trinajstić information content (AvgIpc) is 3.17. The highest BCUT2D eigenvalue weighted by Crippen LogP contribution is 2.24. The number of primary amides is 1. The van der Waals surface area contributed by atoms with Crippen LogP contribution in [0.3, 0.4) is 0 Å². The topological polar surface area (TPSA) is 72.4 Å². The van der Waals surface area contributed by atoms with Crippen molar-refractivity contribution in [3.8, 4) is 0 Å². The van der Waals surface area contributed by atoms with E-state index in [1.54, 1.807) is 11.8 Å². The number of ether oxygens (including phenoxy) is 1. The summed E-state index contributed by atoms with van der Waals surface area (Å²) in [6.45, 7) is 2.64. The summed E-state index contributed by atoms with van der Waals surface area (Å²) in [6.07, 6.45) is 0.531. The highest BCUT2D eigenvalue weighted by molar-refractivity contribution is 5.85. The predicted octanol–water partition coefficient (Wildman–Crippen LogP) is 0.330. The Labute approximate surface area is 112 Å². The van der Waals surface area contributed by atoms with Gasteiger partial charge in [0.1, 0.15) is 12.1 Å². The minimum atomic E-state index is -0.431. The van der Waals surface area contributed by atoms with Crippen LogP contribution in [0.2, 0.25) is 0 Å². The second-order valence-electron chi connectivity index (χ2n) is 4.57. The highest BCUT2D eigenvalue weighted by Gasteiger charge is 2.46. The Bertz CT molecular complexity index is 461. The van der Waals surface area contributed by atoms with Crippen molar-refractivity contribution in [2.45, 2.75) is 25.4 Å². The second-order valence-corrected chi connectivity index (χ2v) is 4.57. The zero-order valence-electron chi connectivity index (χ0n) is 10.9. The van der Waals surface area contributed by atoms with Gasteiger partial charge >= 0.3 is 5.97 Å². The van der Waals surface area contributed by atoms with E-state index in [0.717, 1.165) is 5.56 Å². The average molecular weight is 262 g/mol. The van der Waals surface area contributed by atoms with E-state index in [9.17, 15) is 9.59 Å². The molecule has 0 aromatic heterocycles. The maximum atomic E-state index is 12.0. The summed E-state index contributed by atoms with van der Waals surface area (Å²) in [5, 5.41) is 0. The third-order valence-electron chi connectivity index (χ3n) is 3.21. The first kappa shape index (κ1) is 13.5. The molecule has 5 heteroatoms. The molecule has 1 amide bonds. The van der Waals surface area contributed by atoms with Crippen LogP contribution in [0.15, 0.2) is 30.3 Å². The molecule has 19 heavy (non-hydrogen) atoms. The number of carbonyl (C=O) groups excluding carboxylic acids is 2. The molecule has 1 saturated heterocycles. The van der Waals surface area contributed by atoms with Gasteiger partial charge in [-0.15, -0.1) is 0 Å². The Morgan fingerprint density at radius 2 is 2.11 bits per heavy atom. The fourth-order valence-electron chi connectivity index (χ4n) is 2.16. The Kier molecular flexibility index (Phi) is 4.16. The van der Waals surface area contributed by atoms with E-state index >= 15 is 0 Å². The van der Waals surface area contributed by atoms with Gasteiger partial charge in [-0.25, -0.2) is 0 Å². The number of carbonyl (C=O) groups is 2. The number of rotatable bonds is 6. The lowest BCUT2D eigenvalue weighted by molar-refractivity contribution is -0.147. The molecule has 2 N–H and O–H groups in total. The fraction of sp³-hybridized carbons (Fsp3) is 0.429.